The lowest BCUT2D eigenvalue weighted by atomic mass is 9.98. The molecule has 0 aliphatic rings. The fourth-order valence-electron chi connectivity index (χ4n) is 2.37. The molecule has 1 N–H and O–H groups in total. The fourth-order valence-corrected chi connectivity index (χ4v) is 2.37. The molecule has 0 aliphatic heterocycles. The van der Waals surface area contributed by atoms with Crippen molar-refractivity contribution >= 4 is 0 Å². The van der Waals surface area contributed by atoms with Crippen molar-refractivity contribution < 1.29 is 9.15 Å². The zero-order valence-electron chi connectivity index (χ0n) is 12.6. The summed E-state index contributed by atoms with van der Waals surface area (Å²) in [6.07, 6.45) is 1.89. The van der Waals surface area contributed by atoms with E-state index in [0.29, 0.717) is 0 Å². The highest BCUT2D eigenvalue weighted by molar-refractivity contribution is 5.42. The Morgan fingerprint density at radius 2 is 1.90 bits per heavy atom. The van der Waals surface area contributed by atoms with Gasteiger partial charge in [0.05, 0.1) is 18.4 Å². The molecule has 1 aromatic heterocycles. The van der Waals surface area contributed by atoms with E-state index in [4.69, 9.17) is 9.15 Å². The van der Waals surface area contributed by atoms with Gasteiger partial charge in [-0.2, -0.15) is 0 Å². The highest BCUT2D eigenvalue weighted by Gasteiger charge is 2.20. The van der Waals surface area contributed by atoms with Crippen LogP contribution in [-0.2, 0) is 0 Å². The molecule has 0 amide bonds. The third-order valence-electron chi connectivity index (χ3n) is 3.21. The second kappa shape index (κ2) is 6.62. The average Bonchev–Trinajstić information content (AvgIpc) is 2.82. The predicted molar refractivity (Wildman–Crippen MR) is 81.2 cm³/mol. The smallest absolute Gasteiger partial charge is 0.124 e. The quantitative estimate of drug-likeness (QED) is 0.861. The van der Waals surface area contributed by atoms with Gasteiger partial charge >= 0.3 is 0 Å². The van der Waals surface area contributed by atoms with Crippen molar-refractivity contribution in [1.82, 2.24) is 5.32 Å². The van der Waals surface area contributed by atoms with Crippen LogP contribution >= 0.6 is 0 Å². The maximum Gasteiger partial charge on any atom is 0.124 e. The number of hydrogen-bond donors (Lipinski definition) is 1. The number of aryl methyl sites for hydroxylation is 1. The molecular weight excluding hydrogens is 250 g/mol. The molecule has 1 aromatic carbocycles. The molecule has 0 aliphatic carbocycles. The minimum Gasteiger partial charge on any atom is -0.491 e. The van der Waals surface area contributed by atoms with Crippen molar-refractivity contribution in [1.29, 1.82) is 0 Å². The van der Waals surface area contributed by atoms with Crippen LogP contribution in [0.1, 0.15) is 43.7 Å². The molecule has 0 fully saturated rings. The number of furan rings is 1. The lowest BCUT2D eigenvalue weighted by molar-refractivity contribution is 0.238. The molecular formula is C17H23NO2. The molecule has 0 saturated carbocycles. The molecule has 3 heteroatoms. The summed E-state index contributed by atoms with van der Waals surface area (Å²) in [6, 6.07) is 10.3. The fraction of sp³-hybridized carbons (Fsp3) is 0.412. The molecule has 1 unspecified atom stereocenters. The van der Waals surface area contributed by atoms with Gasteiger partial charge in [-0.1, -0.05) is 25.1 Å². The molecule has 0 bridgehead atoms. The monoisotopic (exact) mass is 273 g/mol. The Morgan fingerprint density at radius 3 is 2.50 bits per heavy atom. The van der Waals surface area contributed by atoms with Gasteiger partial charge in [-0.15, -0.1) is 0 Å². The van der Waals surface area contributed by atoms with Crippen molar-refractivity contribution in [2.75, 3.05) is 6.54 Å². The van der Waals surface area contributed by atoms with E-state index in [-0.39, 0.29) is 12.1 Å². The second-order valence-corrected chi connectivity index (χ2v) is 5.13. The van der Waals surface area contributed by atoms with E-state index in [0.717, 1.165) is 29.2 Å². The second-order valence-electron chi connectivity index (χ2n) is 5.13. The molecule has 3 nitrogen and oxygen atoms in total. The lowest BCUT2D eigenvalue weighted by Crippen LogP contribution is -2.23. The number of nitrogens with one attached hydrogen (secondary N) is 1. The Bertz CT molecular complexity index is 545. The Hall–Kier alpha value is -1.74. The van der Waals surface area contributed by atoms with Crippen LogP contribution in [0.4, 0.5) is 0 Å². The van der Waals surface area contributed by atoms with Crippen LogP contribution < -0.4 is 10.1 Å². The van der Waals surface area contributed by atoms with Gasteiger partial charge in [0, 0.05) is 11.1 Å². The standard InChI is InChI=1S/C17H23NO2/c1-5-18-17(14-10-11-19-13(14)4)15-8-6-7-9-16(15)20-12(2)3/h6-12,17-18H,5H2,1-4H3. The Labute approximate surface area is 121 Å². The van der Waals surface area contributed by atoms with Gasteiger partial charge in [0.25, 0.3) is 0 Å². The van der Waals surface area contributed by atoms with Gasteiger partial charge in [-0.25, -0.2) is 0 Å². The summed E-state index contributed by atoms with van der Waals surface area (Å²) in [5.74, 6) is 1.87. The highest BCUT2D eigenvalue weighted by Crippen LogP contribution is 2.32. The van der Waals surface area contributed by atoms with E-state index >= 15 is 0 Å². The van der Waals surface area contributed by atoms with Crippen molar-refractivity contribution in [3.63, 3.8) is 0 Å². The molecule has 0 radical (unpaired) electrons. The SMILES string of the molecule is CCNC(c1ccccc1OC(C)C)c1ccoc1C. The topological polar surface area (TPSA) is 34.4 Å². The van der Waals surface area contributed by atoms with Crippen molar-refractivity contribution in [3.8, 4) is 5.75 Å². The lowest BCUT2D eigenvalue weighted by Gasteiger charge is -2.22. The van der Waals surface area contributed by atoms with E-state index in [1.54, 1.807) is 6.26 Å². The van der Waals surface area contributed by atoms with E-state index in [2.05, 4.69) is 18.3 Å². The third kappa shape index (κ3) is 3.23. The first-order valence-corrected chi connectivity index (χ1v) is 7.16. The van der Waals surface area contributed by atoms with Crippen LogP contribution in [-0.4, -0.2) is 12.6 Å². The summed E-state index contributed by atoms with van der Waals surface area (Å²) in [5, 5.41) is 3.52. The number of rotatable bonds is 6. The predicted octanol–water partition coefficient (Wildman–Crippen LogP) is 4.07. The van der Waals surface area contributed by atoms with Crippen molar-refractivity contribution in [2.45, 2.75) is 39.8 Å². The Kier molecular flexibility index (Phi) is 4.85. The van der Waals surface area contributed by atoms with Crippen LogP contribution in [0.25, 0.3) is 0 Å². The maximum absolute atomic E-state index is 5.94. The van der Waals surface area contributed by atoms with Crippen LogP contribution in [0.15, 0.2) is 41.0 Å². The summed E-state index contributed by atoms with van der Waals surface area (Å²) >= 11 is 0. The first-order chi connectivity index (χ1) is 9.63. The Morgan fingerprint density at radius 1 is 1.15 bits per heavy atom. The van der Waals surface area contributed by atoms with Gasteiger partial charge in [0.1, 0.15) is 11.5 Å². The van der Waals surface area contributed by atoms with Gasteiger partial charge in [-0.05, 0) is 39.4 Å². The van der Waals surface area contributed by atoms with E-state index in [9.17, 15) is 0 Å². The summed E-state index contributed by atoms with van der Waals surface area (Å²) in [5.41, 5.74) is 2.30. The normalized spacial score (nSPS) is 12.7. The molecule has 108 valence electrons. The Balaban J connectivity index is 2.42. The number of benzene rings is 1. The van der Waals surface area contributed by atoms with Crippen LogP contribution in [0.2, 0.25) is 0 Å². The van der Waals surface area contributed by atoms with E-state index in [1.807, 2.05) is 45.0 Å². The first kappa shape index (κ1) is 14.7. The third-order valence-corrected chi connectivity index (χ3v) is 3.21. The number of hydrogen-bond acceptors (Lipinski definition) is 3. The molecule has 1 heterocycles. The van der Waals surface area contributed by atoms with Crippen LogP contribution in [0.3, 0.4) is 0 Å². The van der Waals surface area contributed by atoms with Gasteiger partial charge in [-0.3, -0.25) is 0 Å². The molecule has 2 rings (SSSR count). The van der Waals surface area contributed by atoms with E-state index < -0.39 is 0 Å². The minimum atomic E-state index is 0.0914. The largest absolute Gasteiger partial charge is 0.491 e. The summed E-state index contributed by atoms with van der Waals surface area (Å²) < 4.78 is 11.4. The average molecular weight is 273 g/mol. The maximum atomic E-state index is 5.94. The molecule has 1 atom stereocenters. The summed E-state index contributed by atoms with van der Waals surface area (Å²) in [7, 11) is 0. The number of para-hydroxylation sites is 1. The highest BCUT2D eigenvalue weighted by atomic mass is 16.5. The number of ether oxygens (including phenoxy) is 1. The molecule has 20 heavy (non-hydrogen) atoms. The first-order valence-electron chi connectivity index (χ1n) is 7.16. The van der Waals surface area contributed by atoms with Crippen LogP contribution in [0, 0.1) is 6.92 Å². The van der Waals surface area contributed by atoms with Crippen molar-refractivity contribution in [3.05, 3.63) is 53.5 Å². The van der Waals surface area contributed by atoms with Crippen LogP contribution in [0.5, 0.6) is 5.75 Å². The zero-order chi connectivity index (χ0) is 14.5. The summed E-state index contributed by atoms with van der Waals surface area (Å²) in [6.45, 7) is 9.06. The van der Waals surface area contributed by atoms with Gasteiger partial charge in [0.15, 0.2) is 0 Å². The minimum absolute atomic E-state index is 0.0914. The zero-order valence-corrected chi connectivity index (χ0v) is 12.6. The van der Waals surface area contributed by atoms with Crippen molar-refractivity contribution in [2.24, 2.45) is 0 Å². The summed E-state index contributed by atoms with van der Waals surface area (Å²) in [4.78, 5) is 0. The molecule has 0 spiro atoms. The van der Waals surface area contributed by atoms with Gasteiger partial charge < -0.3 is 14.5 Å². The molecule has 0 saturated heterocycles. The molecule has 2 aromatic rings. The van der Waals surface area contributed by atoms with E-state index in [1.165, 1.54) is 0 Å². The van der Waals surface area contributed by atoms with Gasteiger partial charge in [0.2, 0.25) is 0 Å².